The zero-order valence-corrected chi connectivity index (χ0v) is 12.2. The first kappa shape index (κ1) is 13.7. The second-order valence-corrected chi connectivity index (χ2v) is 5.08. The van der Waals surface area contributed by atoms with Crippen LogP contribution in [-0.4, -0.2) is 6.54 Å². The molecule has 0 aliphatic carbocycles. The van der Waals surface area contributed by atoms with E-state index in [0.29, 0.717) is 0 Å². The lowest BCUT2D eigenvalue weighted by Gasteiger charge is -2.28. The molecule has 2 aromatic carbocycles. The van der Waals surface area contributed by atoms with Gasteiger partial charge in [-0.1, -0.05) is 49.7 Å². The normalized spacial score (nSPS) is 10.5. The summed E-state index contributed by atoms with van der Waals surface area (Å²) in [7, 11) is 0. The molecule has 0 unspecified atom stereocenters. The van der Waals surface area contributed by atoms with Gasteiger partial charge in [0.25, 0.3) is 0 Å². The number of hydrogen-bond acceptors (Lipinski definition) is 1. The molecule has 0 N–H and O–H groups in total. The average Bonchev–Trinajstić information content (AvgIpc) is 2.43. The van der Waals surface area contributed by atoms with Crippen molar-refractivity contribution in [1.82, 2.24) is 0 Å². The first-order valence-electron chi connectivity index (χ1n) is 7.13. The van der Waals surface area contributed by atoms with Crippen LogP contribution in [0, 0.1) is 13.8 Å². The van der Waals surface area contributed by atoms with Crippen molar-refractivity contribution < 1.29 is 0 Å². The monoisotopic (exact) mass is 253 g/mol. The van der Waals surface area contributed by atoms with E-state index in [2.05, 4.69) is 74.2 Å². The summed E-state index contributed by atoms with van der Waals surface area (Å²) in [5.41, 5.74) is 5.34. The van der Waals surface area contributed by atoms with Crippen LogP contribution in [0.15, 0.2) is 48.5 Å². The summed E-state index contributed by atoms with van der Waals surface area (Å²) in [4.78, 5) is 2.45. The van der Waals surface area contributed by atoms with Crippen molar-refractivity contribution in [2.75, 3.05) is 11.4 Å². The smallest absolute Gasteiger partial charge is 0.0470 e. The number of aryl methyl sites for hydroxylation is 2. The molecule has 0 spiro atoms. The number of benzene rings is 2. The number of hydrogen-bond donors (Lipinski definition) is 0. The Morgan fingerprint density at radius 1 is 0.842 bits per heavy atom. The molecule has 0 saturated heterocycles. The molecule has 0 aromatic heterocycles. The summed E-state index contributed by atoms with van der Waals surface area (Å²) in [5, 5.41) is 0. The van der Waals surface area contributed by atoms with Crippen molar-refractivity contribution in [1.29, 1.82) is 0 Å². The number of nitrogens with zero attached hydrogens (tertiary/aromatic N) is 1. The molecule has 0 fully saturated rings. The van der Waals surface area contributed by atoms with Crippen molar-refractivity contribution in [2.45, 2.75) is 33.6 Å². The number of para-hydroxylation sites is 2. The topological polar surface area (TPSA) is 3.24 Å². The molecule has 2 aromatic rings. The molecule has 0 bridgehead atoms. The average molecular weight is 253 g/mol. The zero-order valence-electron chi connectivity index (χ0n) is 12.2. The Hall–Kier alpha value is -1.76. The lowest BCUT2D eigenvalue weighted by Crippen LogP contribution is -2.20. The number of rotatable bonds is 5. The fourth-order valence-corrected chi connectivity index (χ4v) is 2.53. The lowest BCUT2D eigenvalue weighted by molar-refractivity contribution is 0.783. The van der Waals surface area contributed by atoms with E-state index in [1.165, 1.54) is 35.3 Å². The molecular weight excluding hydrogens is 230 g/mol. The molecule has 0 atom stereocenters. The third-order valence-corrected chi connectivity index (χ3v) is 3.51. The van der Waals surface area contributed by atoms with Gasteiger partial charge in [0.1, 0.15) is 0 Å². The summed E-state index contributed by atoms with van der Waals surface area (Å²) in [6, 6.07) is 17.2. The summed E-state index contributed by atoms with van der Waals surface area (Å²) in [6.45, 7) is 7.72. The molecule has 0 radical (unpaired) electrons. The highest BCUT2D eigenvalue weighted by atomic mass is 15.1. The van der Waals surface area contributed by atoms with E-state index in [1.807, 2.05) is 0 Å². The molecule has 0 heterocycles. The second kappa shape index (κ2) is 6.42. The Bertz CT molecular complexity index is 496. The largest absolute Gasteiger partial charge is 0.341 e. The van der Waals surface area contributed by atoms with Gasteiger partial charge in [0, 0.05) is 17.9 Å². The molecule has 0 amide bonds. The molecule has 0 saturated carbocycles. The Kier molecular flexibility index (Phi) is 4.62. The van der Waals surface area contributed by atoms with Crippen LogP contribution in [0.4, 0.5) is 11.4 Å². The maximum Gasteiger partial charge on any atom is 0.0470 e. The van der Waals surface area contributed by atoms with Gasteiger partial charge in [-0.15, -0.1) is 0 Å². The van der Waals surface area contributed by atoms with Crippen LogP contribution in [0.2, 0.25) is 0 Å². The maximum atomic E-state index is 2.45. The Labute approximate surface area is 116 Å². The quantitative estimate of drug-likeness (QED) is 0.704. The van der Waals surface area contributed by atoms with E-state index >= 15 is 0 Å². The third-order valence-electron chi connectivity index (χ3n) is 3.51. The van der Waals surface area contributed by atoms with E-state index in [9.17, 15) is 0 Å². The van der Waals surface area contributed by atoms with Crippen LogP contribution < -0.4 is 4.90 Å². The summed E-state index contributed by atoms with van der Waals surface area (Å²) in [5.74, 6) is 0. The second-order valence-electron chi connectivity index (χ2n) is 5.08. The SMILES string of the molecule is CCCCN(c1ccccc1)c1c(C)cccc1C. The molecule has 2 rings (SSSR count). The molecule has 100 valence electrons. The predicted molar refractivity (Wildman–Crippen MR) is 84.3 cm³/mol. The van der Waals surface area contributed by atoms with E-state index in [1.54, 1.807) is 0 Å². The van der Waals surface area contributed by atoms with Gasteiger partial charge in [0.15, 0.2) is 0 Å². The van der Waals surface area contributed by atoms with E-state index in [4.69, 9.17) is 0 Å². The highest BCUT2D eigenvalue weighted by Crippen LogP contribution is 2.31. The minimum absolute atomic E-state index is 1.08. The maximum absolute atomic E-state index is 2.45. The third kappa shape index (κ3) is 3.17. The van der Waals surface area contributed by atoms with Crippen molar-refractivity contribution in [3.8, 4) is 0 Å². The van der Waals surface area contributed by atoms with E-state index in [0.717, 1.165) is 6.54 Å². The summed E-state index contributed by atoms with van der Waals surface area (Å²) in [6.07, 6.45) is 2.43. The molecule has 19 heavy (non-hydrogen) atoms. The van der Waals surface area contributed by atoms with Gasteiger partial charge in [-0.3, -0.25) is 0 Å². The predicted octanol–water partition coefficient (Wildman–Crippen LogP) is 5.24. The van der Waals surface area contributed by atoms with Crippen LogP contribution in [0.1, 0.15) is 30.9 Å². The highest BCUT2D eigenvalue weighted by molar-refractivity contribution is 5.69. The van der Waals surface area contributed by atoms with Crippen LogP contribution in [-0.2, 0) is 0 Å². The van der Waals surface area contributed by atoms with Crippen molar-refractivity contribution in [2.24, 2.45) is 0 Å². The van der Waals surface area contributed by atoms with E-state index in [-0.39, 0.29) is 0 Å². The van der Waals surface area contributed by atoms with Gasteiger partial charge in [-0.2, -0.15) is 0 Å². The number of anilines is 2. The summed E-state index contributed by atoms with van der Waals surface area (Å²) >= 11 is 0. The Morgan fingerprint density at radius 2 is 1.47 bits per heavy atom. The lowest BCUT2D eigenvalue weighted by atomic mass is 10.1. The van der Waals surface area contributed by atoms with Gasteiger partial charge >= 0.3 is 0 Å². The zero-order chi connectivity index (χ0) is 13.7. The Balaban J connectivity index is 2.43. The van der Waals surface area contributed by atoms with Crippen molar-refractivity contribution >= 4 is 11.4 Å². The van der Waals surface area contributed by atoms with Crippen molar-refractivity contribution in [3.63, 3.8) is 0 Å². The minimum atomic E-state index is 1.08. The molecule has 1 nitrogen and oxygen atoms in total. The van der Waals surface area contributed by atoms with Crippen LogP contribution >= 0.6 is 0 Å². The van der Waals surface area contributed by atoms with Gasteiger partial charge < -0.3 is 4.90 Å². The van der Waals surface area contributed by atoms with Crippen LogP contribution in [0.25, 0.3) is 0 Å². The molecule has 0 aliphatic rings. The summed E-state index contributed by atoms with van der Waals surface area (Å²) < 4.78 is 0. The van der Waals surface area contributed by atoms with Gasteiger partial charge in [0.05, 0.1) is 0 Å². The minimum Gasteiger partial charge on any atom is -0.341 e. The van der Waals surface area contributed by atoms with Crippen molar-refractivity contribution in [3.05, 3.63) is 59.7 Å². The first-order valence-corrected chi connectivity index (χ1v) is 7.13. The standard InChI is InChI=1S/C18H23N/c1-4-5-14-19(17-12-7-6-8-13-17)18-15(2)10-9-11-16(18)3/h6-13H,4-5,14H2,1-3H3. The highest BCUT2D eigenvalue weighted by Gasteiger charge is 2.13. The fourth-order valence-electron chi connectivity index (χ4n) is 2.53. The van der Waals surface area contributed by atoms with Gasteiger partial charge in [-0.05, 0) is 43.5 Å². The molecule has 1 heteroatoms. The first-order chi connectivity index (χ1) is 9.24. The van der Waals surface area contributed by atoms with Crippen LogP contribution in [0.3, 0.4) is 0 Å². The van der Waals surface area contributed by atoms with Crippen LogP contribution in [0.5, 0.6) is 0 Å². The van der Waals surface area contributed by atoms with Gasteiger partial charge in [0.2, 0.25) is 0 Å². The molecular formula is C18H23N. The van der Waals surface area contributed by atoms with E-state index < -0.39 is 0 Å². The molecule has 0 aliphatic heterocycles. The Morgan fingerprint density at radius 3 is 2.05 bits per heavy atom. The fraction of sp³-hybridized carbons (Fsp3) is 0.333. The number of unbranched alkanes of at least 4 members (excludes halogenated alkanes) is 1. The van der Waals surface area contributed by atoms with Gasteiger partial charge in [-0.25, -0.2) is 0 Å².